The van der Waals surface area contributed by atoms with Gasteiger partial charge in [0, 0.05) is 18.5 Å². The maximum atomic E-state index is 13.2. The zero-order chi connectivity index (χ0) is 20.5. The minimum Gasteiger partial charge on any atom is -0.396 e. The van der Waals surface area contributed by atoms with Crippen LogP contribution in [0.25, 0.3) is 0 Å². The predicted molar refractivity (Wildman–Crippen MR) is 102 cm³/mol. The normalized spacial score (nSPS) is 20.9. The average Bonchev–Trinajstić information content (AvgIpc) is 2.66. The maximum Gasteiger partial charge on any atom is 0.416 e. The van der Waals surface area contributed by atoms with Crippen LogP contribution in [0.5, 0.6) is 0 Å². The second-order valence-corrected chi connectivity index (χ2v) is 8.57. The van der Waals surface area contributed by atoms with Gasteiger partial charge in [0.05, 0.1) is 18.1 Å². The first-order valence-electron chi connectivity index (χ1n) is 10.3. The van der Waals surface area contributed by atoms with Gasteiger partial charge >= 0.3 is 6.18 Å². The van der Waals surface area contributed by atoms with E-state index in [1.165, 1.54) is 12.1 Å². The topological polar surface area (TPSA) is 40.5 Å². The van der Waals surface area contributed by atoms with E-state index in [0.717, 1.165) is 49.9 Å². The highest BCUT2D eigenvalue weighted by atomic mass is 19.4. The molecule has 1 aromatic rings. The first kappa shape index (κ1) is 21.2. The fraction of sp³-hybridized carbons (Fsp3) is 0.682. The lowest BCUT2D eigenvalue weighted by Gasteiger charge is -2.54. The zero-order valence-corrected chi connectivity index (χ0v) is 16.7. The van der Waals surface area contributed by atoms with E-state index < -0.39 is 11.7 Å². The number of amides is 1. The summed E-state index contributed by atoms with van der Waals surface area (Å²) < 4.78 is 39.7. The van der Waals surface area contributed by atoms with Crippen molar-refractivity contribution in [3.63, 3.8) is 0 Å². The lowest BCUT2D eigenvalue weighted by Crippen LogP contribution is -2.60. The molecule has 1 atom stereocenters. The van der Waals surface area contributed by atoms with Gasteiger partial charge in [0.1, 0.15) is 0 Å². The van der Waals surface area contributed by atoms with Crippen molar-refractivity contribution in [3.8, 4) is 0 Å². The summed E-state index contributed by atoms with van der Waals surface area (Å²) >= 11 is 0. The summed E-state index contributed by atoms with van der Waals surface area (Å²) in [6.45, 7) is 5.11. The van der Waals surface area contributed by atoms with Gasteiger partial charge in [-0.25, -0.2) is 0 Å². The number of hydrogen-bond acceptors (Lipinski definition) is 2. The Morgan fingerprint density at radius 1 is 1.21 bits per heavy atom. The number of alkyl halides is 3. The molecule has 0 unspecified atom stereocenters. The van der Waals surface area contributed by atoms with E-state index in [9.17, 15) is 23.1 Å². The summed E-state index contributed by atoms with van der Waals surface area (Å²) in [6, 6.07) is 4.52. The SMILES string of the molecule is CCc1cc(C2CCC3(CC2)CN(C(=O)[C@H](CC)CO)C3)cc(C(F)(F)F)c1. The Kier molecular flexibility index (Phi) is 6.08. The van der Waals surface area contributed by atoms with Crippen molar-refractivity contribution in [1.29, 1.82) is 0 Å². The molecule has 1 aliphatic carbocycles. The third-order valence-corrected chi connectivity index (χ3v) is 6.70. The largest absolute Gasteiger partial charge is 0.416 e. The molecule has 1 aromatic carbocycles. The van der Waals surface area contributed by atoms with Crippen molar-refractivity contribution < 1.29 is 23.1 Å². The highest BCUT2D eigenvalue weighted by molar-refractivity contribution is 5.80. The molecule has 156 valence electrons. The lowest BCUT2D eigenvalue weighted by molar-refractivity contribution is -0.151. The number of carbonyl (C=O) groups excluding carboxylic acids is 1. The van der Waals surface area contributed by atoms with Gasteiger partial charge in [-0.1, -0.05) is 19.9 Å². The van der Waals surface area contributed by atoms with Crippen molar-refractivity contribution in [1.82, 2.24) is 4.90 Å². The van der Waals surface area contributed by atoms with E-state index in [0.29, 0.717) is 12.8 Å². The summed E-state index contributed by atoms with van der Waals surface area (Å²) in [6.07, 6.45) is 0.523. The number of aliphatic hydroxyl groups is 1. The molecule has 3 nitrogen and oxygen atoms in total. The van der Waals surface area contributed by atoms with Crippen LogP contribution in [0.3, 0.4) is 0 Å². The van der Waals surface area contributed by atoms with E-state index in [2.05, 4.69) is 0 Å². The molecule has 3 rings (SSSR count). The number of carbonyl (C=O) groups is 1. The second-order valence-electron chi connectivity index (χ2n) is 8.57. The fourth-order valence-corrected chi connectivity index (χ4v) is 4.76. The molecular formula is C22H30F3NO2. The van der Waals surface area contributed by atoms with Gasteiger partial charge in [-0.2, -0.15) is 13.2 Å². The summed E-state index contributed by atoms with van der Waals surface area (Å²) in [5, 5.41) is 9.32. The van der Waals surface area contributed by atoms with E-state index in [1.54, 1.807) is 0 Å². The Morgan fingerprint density at radius 3 is 2.36 bits per heavy atom. The fourth-order valence-electron chi connectivity index (χ4n) is 4.76. The summed E-state index contributed by atoms with van der Waals surface area (Å²) in [4.78, 5) is 14.2. The van der Waals surface area contributed by atoms with Gasteiger partial charge in [0.15, 0.2) is 0 Å². The van der Waals surface area contributed by atoms with Crippen molar-refractivity contribution >= 4 is 5.91 Å². The standard InChI is InChI=1S/C22H30F3NO2/c1-3-15-9-18(11-19(10-15)22(23,24)25)17-5-7-21(8-6-17)13-26(14-21)20(28)16(4-2)12-27/h9-11,16-17,27H,3-8,12-14H2,1-2H3/t16-/m1/s1. The number of nitrogens with zero attached hydrogens (tertiary/aromatic N) is 1. The Hall–Kier alpha value is -1.56. The number of aryl methyl sites for hydroxylation is 1. The number of halogens is 3. The van der Waals surface area contributed by atoms with E-state index in [4.69, 9.17) is 0 Å². The first-order chi connectivity index (χ1) is 13.2. The highest BCUT2D eigenvalue weighted by Crippen LogP contribution is 2.49. The van der Waals surface area contributed by atoms with Gasteiger partial charge in [-0.05, 0) is 67.7 Å². The van der Waals surface area contributed by atoms with E-state index in [-0.39, 0.29) is 29.8 Å². The third kappa shape index (κ3) is 4.22. The minimum absolute atomic E-state index is 0.0308. The summed E-state index contributed by atoms with van der Waals surface area (Å²) in [7, 11) is 0. The van der Waals surface area contributed by atoms with Crippen LogP contribution in [0.15, 0.2) is 18.2 Å². The van der Waals surface area contributed by atoms with Gasteiger partial charge in [-0.3, -0.25) is 4.79 Å². The van der Waals surface area contributed by atoms with Crippen LogP contribution >= 0.6 is 0 Å². The molecular weight excluding hydrogens is 367 g/mol. The Labute approximate surface area is 164 Å². The monoisotopic (exact) mass is 397 g/mol. The smallest absolute Gasteiger partial charge is 0.396 e. The predicted octanol–water partition coefficient (Wildman–Crippen LogP) is 4.77. The quantitative estimate of drug-likeness (QED) is 0.777. The number of rotatable bonds is 5. The molecule has 2 fully saturated rings. The highest BCUT2D eigenvalue weighted by Gasteiger charge is 2.47. The molecule has 6 heteroatoms. The Balaban J connectivity index is 1.63. The first-order valence-corrected chi connectivity index (χ1v) is 10.3. The molecule has 2 aliphatic rings. The van der Waals surface area contributed by atoms with Crippen LogP contribution in [-0.4, -0.2) is 35.6 Å². The van der Waals surface area contributed by atoms with Gasteiger partial charge in [-0.15, -0.1) is 0 Å². The van der Waals surface area contributed by atoms with Crippen LogP contribution in [0.1, 0.15) is 68.6 Å². The van der Waals surface area contributed by atoms with Crippen LogP contribution in [0.2, 0.25) is 0 Å². The van der Waals surface area contributed by atoms with Gasteiger partial charge in [0.25, 0.3) is 0 Å². The molecule has 1 N–H and O–H groups in total. The molecule has 1 amide bonds. The number of hydrogen-bond donors (Lipinski definition) is 1. The Morgan fingerprint density at radius 2 is 1.86 bits per heavy atom. The van der Waals surface area contributed by atoms with Crippen LogP contribution < -0.4 is 0 Å². The molecule has 0 aromatic heterocycles. The van der Waals surface area contributed by atoms with Gasteiger partial charge < -0.3 is 10.0 Å². The molecule has 1 spiro atoms. The van der Waals surface area contributed by atoms with Crippen molar-refractivity contribution in [2.24, 2.45) is 11.3 Å². The number of aliphatic hydroxyl groups excluding tert-OH is 1. The van der Waals surface area contributed by atoms with Crippen molar-refractivity contribution in [3.05, 3.63) is 34.9 Å². The van der Waals surface area contributed by atoms with Crippen molar-refractivity contribution in [2.75, 3.05) is 19.7 Å². The van der Waals surface area contributed by atoms with E-state index in [1.807, 2.05) is 24.8 Å². The Bertz CT molecular complexity index is 696. The maximum absolute atomic E-state index is 13.2. The van der Waals surface area contributed by atoms with Gasteiger partial charge in [0.2, 0.25) is 5.91 Å². The minimum atomic E-state index is -4.31. The molecule has 1 saturated carbocycles. The summed E-state index contributed by atoms with van der Waals surface area (Å²) in [5.41, 5.74) is 1.12. The summed E-state index contributed by atoms with van der Waals surface area (Å²) in [5.74, 6) is -0.127. The van der Waals surface area contributed by atoms with Crippen LogP contribution in [0, 0.1) is 11.3 Å². The number of benzene rings is 1. The molecule has 28 heavy (non-hydrogen) atoms. The second kappa shape index (κ2) is 8.05. The molecule has 0 radical (unpaired) electrons. The molecule has 1 heterocycles. The van der Waals surface area contributed by atoms with Crippen LogP contribution in [-0.2, 0) is 17.4 Å². The molecule has 0 bridgehead atoms. The zero-order valence-electron chi connectivity index (χ0n) is 16.7. The third-order valence-electron chi connectivity index (χ3n) is 6.70. The van der Waals surface area contributed by atoms with Crippen LogP contribution in [0.4, 0.5) is 13.2 Å². The van der Waals surface area contributed by atoms with Crippen molar-refractivity contribution in [2.45, 2.75) is 64.5 Å². The van der Waals surface area contributed by atoms with E-state index >= 15 is 0 Å². The number of likely N-dealkylation sites (tertiary alicyclic amines) is 1. The lowest BCUT2D eigenvalue weighted by atomic mass is 9.64. The molecule has 1 saturated heterocycles. The molecule has 1 aliphatic heterocycles. The average molecular weight is 397 g/mol.